The molecule has 0 unspecified atom stereocenters. The number of aromatic nitrogens is 2. The van der Waals surface area contributed by atoms with E-state index in [9.17, 15) is 9.59 Å². The molecule has 0 aliphatic carbocycles. The normalized spacial score (nSPS) is 10.6. The quantitative estimate of drug-likeness (QED) is 0.880. The third kappa shape index (κ3) is 3.09. The number of likely N-dealkylation sites (N-methyl/N-ethyl adjacent to an activating group) is 1. The van der Waals surface area contributed by atoms with Gasteiger partial charge in [0.15, 0.2) is 0 Å². The Morgan fingerprint density at radius 1 is 1.47 bits per heavy atom. The molecule has 2 heterocycles. The molecular weight excluding hydrogens is 246 g/mol. The molecule has 2 aromatic heterocycles. The van der Waals surface area contributed by atoms with Gasteiger partial charge in [0.25, 0.3) is 0 Å². The van der Waals surface area contributed by atoms with Gasteiger partial charge in [-0.15, -0.1) is 0 Å². The topological polar surface area (TPSA) is 74.9 Å². The van der Waals surface area contributed by atoms with Gasteiger partial charge in [0.05, 0.1) is 12.1 Å². The Morgan fingerprint density at radius 3 is 2.89 bits per heavy atom. The van der Waals surface area contributed by atoms with Crippen molar-refractivity contribution in [1.29, 1.82) is 0 Å². The van der Waals surface area contributed by atoms with Crippen LogP contribution in [0.5, 0.6) is 0 Å². The number of carboxylic acid groups (broad SMARTS) is 1. The second kappa shape index (κ2) is 5.09. The molecule has 0 aliphatic rings. The third-order valence-corrected chi connectivity index (χ3v) is 2.80. The Bertz CT molecular complexity index is 633. The smallest absolute Gasteiger partial charge is 0.323 e. The lowest BCUT2D eigenvalue weighted by Gasteiger charge is -2.13. The summed E-state index contributed by atoms with van der Waals surface area (Å²) in [6.07, 6.45) is 3.76. The summed E-state index contributed by atoms with van der Waals surface area (Å²) in [5.74, 6) is -1.29. The van der Waals surface area contributed by atoms with Crippen molar-refractivity contribution in [1.82, 2.24) is 14.3 Å². The monoisotopic (exact) mass is 261 g/mol. The van der Waals surface area contributed by atoms with Crippen LogP contribution in [-0.2, 0) is 16.0 Å². The van der Waals surface area contributed by atoms with Crippen molar-refractivity contribution in [3.05, 3.63) is 35.8 Å². The summed E-state index contributed by atoms with van der Waals surface area (Å²) in [6.45, 7) is 1.67. The summed E-state index contributed by atoms with van der Waals surface area (Å²) < 4.78 is 1.84. The van der Waals surface area contributed by atoms with E-state index in [2.05, 4.69) is 4.98 Å². The number of nitrogens with zero attached hydrogens (tertiary/aromatic N) is 3. The van der Waals surface area contributed by atoms with E-state index in [1.54, 1.807) is 6.20 Å². The first kappa shape index (κ1) is 13.1. The van der Waals surface area contributed by atoms with E-state index in [4.69, 9.17) is 5.11 Å². The highest BCUT2D eigenvalue weighted by Gasteiger charge is 2.14. The molecule has 0 aromatic carbocycles. The van der Waals surface area contributed by atoms with Crippen molar-refractivity contribution in [2.45, 2.75) is 13.3 Å². The summed E-state index contributed by atoms with van der Waals surface area (Å²) in [7, 11) is 1.47. The third-order valence-electron chi connectivity index (χ3n) is 2.80. The molecule has 19 heavy (non-hydrogen) atoms. The lowest BCUT2D eigenvalue weighted by atomic mass is 10.3. The van der Waals surface area contributed by atoms with Gasteiger partial charge in [0.1, 0.15) is 12.2 Å². The second-order valence-corrected chi connectivity index (χ2v) is 4.52. The van der Waals surface area contributed by atoms with E-state index in [1.807, 2.05) is 29.7 Å². The number of hydrogen-bond acceptors (Lipinski definition) is 3. The first-order valence-electron chi connectivity index (χ1n) is 5.85. The maximum Gasteiger partial charge on any atom is 0.323 e. The maximum atomic E-state index is 11.8. The van der Waals surface area contributed by atoms with Crippen LogP contribution in [0, 0.1) is 6.92 Å². The van der Waals surface area contributed by atoms with Crippen molar-refractivity contribution < 1.29 is 14.7 Å². The van der Waals surface area contributed by atoms with Crippen LogP contribution in [0.15, 0.2) is 24.5 Å². The van der Waals surface area contributed by atoms with Crippen molar-refractivity contribution in [2.75, 3.05) is 13.6 Å². The summed E-state index contributed by atoms with van der Waals surface area (Å²) in [5, 5.41) is 8.63. The van der Waals surface area contributed by atoms with Crippen LogP contribution in [0.25, 0.3) is 5.65 Å². The molecule has 0 bridgehead atoms. The van der Waals surface area contributed by atoms with E-state index in [-0.39, 0.29) is 18.9 Å². The number of aryl methyl sites for hydroxylation is 1. The van der Waals surface area contributed by atoms with E-state index >= 15 is 0 Å². The molecule has 0 fully saturated rings. The number of aliphatic carboxylic acids is 1. The Balaban J connectivity index is 2.12. The van der Waals surface area contributed by atoms with Gasteiger partial charge in [-0.1, -0.05) is 0 Å². The predicted molar refractivity (Wildman–Crippen MR) is 68.9 cm³/mol. The number of carbonyl (C=O) groups is 2. The van der Waals surface area contributed by atoms with Gasteiger partial charge in [-0.05, 0) is 24.6 Å². The number of fused-ring (bicyclic) bond motifs is 1. The Labute approximate surface area is 110 Å². The number of pyridine rings is 1. The minimum atomic E-state index is -1.03. The fourth-order valence-corrected chi connectivity index (χ4v) is 1.80. The Kier molecular flexibility index (Phi) is 3.50. The van der Waals surface area contributed by atoms with Gasteiger partial charge in [-0.25, -0.2) is 4.98 Å². The van der Waals surface area contributed by atoms with E-state index in [0.29, 0.717) is 5.69 Å². The summed E-state index contributed by atoms with van der Waals surface area (Å²) in [6, 6.07) is 3.88. The van der Waals surface area contributed by atoms with Gasteiger partial charge >= 0.3 is 5.97 Å². The van der Waals surface area contributed by atoms with Crippen LogP contribution in [0.4, 0.5) is 0 Å². The molecule has 0 spiro atoms. The highest BCUT2D eigenvalue weighted by atomic mass is 16.4. The second-order valence-electron chi connectivity index (χ2n) is 4.52. The van der Waals surface area contributed by atoms with Crippen LogP contribution >= 0.6 is 0 Å². The minimum Gasteiger partial charge on any atom is -0.480 e. The summed E-state index contributed by atoms with van der Waals surface area (Å²) >= 11 is 0. The van der Waals surface area contributed by atoms with Crippen molar-refractivity contribution in [2.24, 2.45) is 0 Å². The predicted octanol–water partition coefficient (Wildman–Crippen LogP) is 0.728. The summed E-state index contributed by atoms with van der Waals surface area (Å²) in [4.78, 5) is 27.9. The van der Waals surface area contributed by atoms with Crippen molar-refractivity contribution >= 4 is 17.5 Å². The zero-order valence-electron chi connectivity index (χ0n) is 10.8. The Morgan fingerprint density at radius 2 is 2.21 bits per heavy atom. The van der Waals surface area contributed by atoms with Gasteiger partial charge in [-0.3, -0.25) is 9.59 Å². The van der Waals surface area contributed by atoms with E-state index in [0.717, 1.165) is 11.2 Å². The number of amides is 1. The van der Waals surface area contributed by atoms with Gasteiger partial charge in [-0.2, -0.15) is 0 Å². The molecular formula is C13H15N3O3. The molecule has 0 saturated carbocycles. The molecule has 0 aliphatic heterocycles. The highest BCUT2D eigenvalue weighted by Crippen LogP contribution is 2.08. The molecule has 100 valence electrons. The largest absolute Gasteiger partial charge is 0.480 e. The van der Waals surface area contributed by atoms with Crippen LogP contribution in [0.3, 0.4) is 0 Å². The molecule has 6 heteroatoms. The number of carbonyl (C=O) groups excluding carboxylic acids is 1. The van der Waals surface area contributed by atoms with Gasteiger partial charge in [0.2, 0.25) is 5.91 Å². The number of imidazole rings is 1. The average Bonchev–Trinajstić information content (AvgIpc) is 2.69. The van der Waals surface area contributed by atoms with Gasteiger partial charge < -0.3 is 14.4 Å². The zero-order chi connectivity index (χ0) is 14.0. The van der Waals surface area contributed by atoms with Crippen molar-refractivity contribution in [3.8, 4) is 0 Å². The SMILES string of the molecule is Cc1ccn2cc(CC(=O)N(C)CC(=O)O)nc2c1. The molecule has 0 atom stereocenters. The lowest BCUT2D eigenvalue weighted by molar-refractivity contribution is -0.143. The van der Waals surface area contributed by atoms with Crippen LogP contribution in [0.2, 0.25) is 0 Å². The highest BCUT2D eigenvalue weighted by molar-refractivity contribution is 5.82. The zero-order valence-corrected chi connectivity index (χ0v) is 10.8. The standard InChI is InChI=1S/C13H15N3O3/c1-9-3-4-16-7-10(14-11(16)5-9)6-12(17)15(2)8-13(18)19/h3-5,7H,6,8H2,1-2H3,(H,18,19). The first-order chi connectivity index (χ1) is 8.95. The van der Waals surface area contributed by atoms with Crippen molar-refractivity contribution in [3.63, 3.8) is 0 Å². The lowest BCUT2D eigenvalue weighted by Crippen LogP contribution is -2.33. The van der Waals surface area contributed by atoms with Crippen LogP contribution in [0.1, 0.15) is 11.3 Å². The average molecular weight is 261 g/mol. The van der Waals surface area contributed by atoms with Gasteiger partial charge in [0, 0.05) is 19.4 Å². The molecule has 2 rings (SSSR count). The Hall–Kier alpha value is -2.37. The first-order valence-corrected chi connectivity index (χ1v) is 5.85. The van der Waals surface area contributed by atoms with E-state index in [1.165, 1.54) is 11.9 Å². The van der Waals surface area contributed by atoms with Crippen LogP contribution in [-0.4, -0.2) is 44.9 Å². The van der Waals surface area contributed by atoms with Crippen LogP contribution < -0.4 is 0 Å². The molecule has 0 radical (unpaired) electrons. The molecule has 1 amide bonds. The van der Waals surface area contributed by atoms with E-state index < -0.39 is 5.97 Å². The minimum absolute atomic E-state index is 0.102. The maximum absolute atomic E-state index is 11.8. The number of carboxylic acids is 1. The summed E-state index contributed by atoms with van der Waals surface area (Å²) in [5.41, 5.74) is 2.51. The molecule has 0 saturated heterocycles. The fourth-order valence-electron chi connectivity index (χ4n) is 1.80. The number of rotatable bonds is 4. The molecule has 1 N–H and O–H groups in total. The fraction of sp³-hybridized carbons (Fsp3) is 0.308. The molecule has 2 aromatic rings. The number of hydrogen-bond donors (Lipinski definition) is 1. The molecule has 6 nitrogen and oxygen atoms in total.